The molecule has 25 heavy (non-hydrogen) atoms. The molecule has 0 spiro atoms. The average Bonchev–Trinajstić information content (AvgIpc) is 3.39. The van der Waals surface area contributed by atoms with Crippen molar-refractivity contribution in [3.8, 4) is 0 Å². The molecule has 5 nitrogen and oxygen atoms in total. The highest BCUT2D eigenvalue weighted by atomic mass is 16.7. The minimum Gasteiger partial charge on any atom is -0.379 e. The topological polar surface area (TPSA) is 49.5 Å². The van der Waals surface area contributed by atoms with Crippen molar-refractivity contribution in [1.82, 2.24) is 0 Å². The van der Waals surface area contributed by atoms with Gasteiger partial charge in [-0.3, -0.25) is 0 Å². The summed E-state index contributed by atoms with van der Waals surface area (Å²) in [6.45, 7) is 11.1. The van der Waals surface area contributed by atoms with Crippen molar-refractivity contribution in [1.29, 1.82) is 0 Å². The molecule has 2 saturated heterocycles. The van der Waals surface area contributed by atoms with E-state index in [1.807, 2.05) is 0 Å². The van der Waals surface area contributed by atoms with E-state index in [2.05, 4.69) is 20.8 Å². The van der Waals surface area contributed by atoms with E-state index in [1.54, 1.807) is 0 Å². The molecular formula is C20H38O5. The first-order valence-electron chi connectivity index (χ1n) is 10.2. The van der Waals surface area contributed by atoms with E-state index in [0.717, 1.165) is 84.4 Å². The predicted octanol–water partition coefficient (Wildman–Crippen LogP) is 4.08. The van der Waals surface area contributed by atoms with Crippen molar-refractivity contribution in [2.45, 2.75) is 89.6 Å². The molecule has 2 atom stereocenters. The second-order valence-corrected chi connectivity index (χ2v) is 7.67. The molecule has 0 aromatic carbocycles. The van der Waals surface area contributed by atoms with Crippen molar-refractivity contribution in [2.24, 2.45) is 0 Å². The van der Waals surface area contributed by atoms with Crippen molar-refractivity contribution in [2.75, 3.05) is 39.6 Å². The third-order valence-corrected chi connectivity index (χ3v) is 5.00. The SMILES string of the molecule is CCCCOC1(OCCCC)CCOC(C)(CCCOCC2CO2)C1. The third kappa shape index (κ3) is 7.92. The highest BCUT2D eigenvalue weighted by molar-refractivity contribution is 4.89. The van der Waals surface area contributed by atoms with Crippen LogP contribution in [0.4, 0.5) is 0 Å². The van der Waals surface area contributed by atoms with Gasteiger partial charge in [0, 0.05) is 19.4 Å². The van der Waals surface area contributed by atoms with Gasteiger partial charge in [-0.1, -0.05) is 26.7 Å². The van der Waals surface area contributed by atoms with Gasteiger partial charge in [0.25, 0.3) is 0 Å². The van der Waals surface area contributed by atoms with Gasteiger partial charge in [0.1, 0.15) is 6.10 Å². The van der Waals surface area contributed by atoms with Crippen LogP contribution >= 0.6 is 0 Å². The van der Waals surface area contributed by atoms with Crippen LogP contribution in [0.1, 0.15) is 72.1 Å². The minimum absolute atomic E-state index is 0.198. The molecule has 2 unspecified atom stereocenters. The fourth-order valence-corrected chi connectivity index (χ4v) is 3.34. The summed E-state index contributed by atoms with van der Waals surface area (Å²) in [4.78, 5) is 0. The summed E-state index contributed by atoms with van der Waals surface area (Å²) in [5.74, 6) is -0.472. The summed E-state index contributed by atoms with van der Waals surface area (Å²) in [5, 5.41) is 0. The van der Waals surface area contributed by atoms with Crippen LogP contribution in [-0.4, -0.2) is 57.1 Å². The fourth-order valence-electron chi connectivity index (χ4n) is 3.34. The van der Waals surface area contributed by atoms with E-state index in [9.17, 15) is 0 Å². The molecule has 0 radical (unpaired) electrons. The molecule has 2 aliphatic heterocycles. The molecule has 2 rings (SSSR count). The summed E-state index contributed by atoms with van der Waals surface area (Å²) in [6.07, 6.45) is 8.36. The lowest BCUT2D eigenvalue weighted by molar-refractivity contribution is -0.298. The molecule has 0 aromatic rings. The Kier molecular flexibility index (Phi) is 9.14. The summed E-state index contributed by atoms with van der Waals surface area (Å²) >= 11 is 0. The quantitative estimate of drug-likeness (QED) is 0.266. The van der Waals surface area contributed by atoms with Crippen molar-refractivity contribution < 1.29 is 23.7 Å². The number of epoxide rings is 1. The predicted molar refractivity (Wildman–Crippen MR) is 97.8 cm³/mol. The van der Waals surface area contributed by atoms with Gasteiger partial charge in [0.2, 0.25) is 0 Å². The lowest BCUT2D eigenvalue weighted by Gasteiger charge is -2.46. The number of hydrogen-bond acceptors (Lipinski definition) is 5. The summed E-state index contributed by atoms with van der Waals surface area (Å²) in [7, 11) is 0. The molecule has 0 amide bonds. The lowest BCUT2D eigenvalue weighted by Crippen LogP contribution is -2.51. The molecule has 0 aromatic heterocycles. The van der Waals surface area contributed by atoms with Crippen LogP contribution in [0.25, 0.3) is 0 Å². The Labute approximate surface area is 153 Å². The van der Waals surface area contributed by atoms with E-state index >= 15 is 0 Å². The van der Waals surface area contributed by atoms with E-state index < -0.39 is 5.79 Å². The lowest BCUT2D eigenvalue weighted by atomic mass is 9.87. The first-order chi connectivity index (χ1) is 12.1. The average molecular weight is 359 g/mol. The largest absolute Gasteiger partial charge is 0.379 e. The van der Waals surface area contributed by atoms with Gasteiger partial charge in [0.05, 0.1) is 38.6 Å². The van der Waals surface area contributed by atoms with E-state index in [1.165, 1.54) is 0 Å². The molecule has 5 heteroatoms. The van der Waals surface area contributed by atoms with Crippen LogP contribution in [0, 0.1) is 0 Å². The Morgan fingerprint density at radius 2 is 1.68 bits per heavy atom. The number of unbranched alkanes of at least 4 members (excludes halogenated alkanes) is 2. The highest BCUT2D eigenvalue weighted by Crippen LogP contribution is 2.39. The monoisotopic (exact) mass is 358 g/mol. The molecule has 148 valence electrons. The summed E-state index contributed by atoms with van der Waals surface area (Å²) in [5.41, 5.74) is -0.198. The third-order valence-electron chi connectivity index (χ3n) is 5.00. The van der Waals surface area contributed by atoms with Crippen LogP contribution in [-0.2, 0) is 23.7 Å². The van der Waals surface area contributed by atoms with Gasteiger partial charge in [-0.05, 0) is 32.6 Å². The van der Waals surface area contributed by atoms with Crippen molar-refractivity contribution in [3.05, 3.63) is 0 Å². The maximum atomic E-state index is 6.27. The normalized spacial score (nSPS) is 28.2. The molecular weight excluding hydrogens is 320 g/mol. The molecule has 0 saturated carbocycles. The summed E-state index contributed by atoms with van der Waals surface area (Å²) in [6, 6.07) is 0. The minimum atomic E-state index is -0.472. The first kappa shape index (κ1) is 21.1. The van der Waals surface area contributed by atoms with Gasteiger partial charge in [-0.25, -0.2) is 0 Å². The maximum absolute atomic E-state index is 6.27. The Morgan fingerprint density at radius 3 is 2.28 bits per heavy atom. The zero-order chi connectivity index (χ0) is 18.0. The zero-order valence-corrected chi connectivity index (χ0v) is 16.5. The van der Waals surface area contributed by atoms with Gasteiger partial charge in [-0.15, -0.1) is 0 Å². The van der Waals surface area contributed by atoms with E-state index in [4.69, 9.17) is 23.7 Å². The van der Waals surface area contributed by atoms with Crippen LogP contribution < -0.4 is 0 Å². The van der Waals surface area contributed by atoms with Crippen molar-refractivity contribution in [3.63, 3.8) is 0 Å². The second kappa shape index (κ2) is 10.8. The van der Waals surface area contributed by atoms with Crippen LogP contribution in [0.2, 0.25) is 0 Å². The number of ether oxygens (including phenoxy) is 5. The second-order valence-electron chi connectivity index (χ2n) is 7.67. The van der Waals surface area contributed by atoms with Gasteiger partial charge < -0.3 is 23.7 Å². The number of hydrogen-bond donors (Lipinski definition) is 0. The van der Waals surface area contributed by atoms with Crippen LogP contribution in [0.5, 0.6) is 0 Å². The Morgan fingerprint density at radius 1 is 1.00 bits per heavy atom. The molecule has 0 bridgehead atoms. The maximum Gasteiger partial charge on any atom is 0.173 e. The molecule has 2 aliphatic rings. The first-order valence-corrected chi connectivity index (χ1v) is 10.2. The molecule has 0 aliphatic carbocycles. The Hall–Kier alpha value is -0.200. The molecule has 0 N–H and O–H groups in total. The highest BCUT2D eigenvalue weighted by Gasteiger charge is 2.44. The van der Waals surface area contributed by atoms with Gasteiger partial charge in [-0.2, -0.15) is 0 Å². The van der Waals surface area contributed by atoms with E-state index in [-0.39, 0.29) is 5.60 Å². The van der Waals surface area contributed by atoms with Crippen LogP contribution in [0.15, 0.2) is 0 Å². The van der Waals surface area contributed by atoms with E-state index in [0.29, 0.717) is 12.7 Å². The number of rotatable bonds is 14. The van der Waals surface area contributed by atoms with Gasteiger partial charge >= 0.3 is 0 Å². The molecule has 2 fully saturated rings. The summed E-state index contributed by atoms with van der Waals surface area (Å²) < 4.78 is 29.5. The molecule has 2 heterocycles. The van der Waals surface area contributed by atoms with Crippen LogP contribution in [0.3, 0.4) is 0 Å². The Bertz CT molecular complexity index is 348. The zero-order valence-electron chi connectivity index (χ0n) is 16.5. The smallest absolute Gasteiger partial charge is 0.173 e. The standard InChI is InChI=1S/C20H38O5/c1-4-6-12-24-20(25-13-7-5-2)10-14-23-19(3,17-20)9-8-11-21-15-18-16-22-18/h18H,4-17H2,1-3H3. The fraction of sp³-hybridized carbons (Fsp3) is 1.00. The Balaban J connectivity index is 1.79. The van der Waals surface area contributed by atoms with Gasteiger partial charge in [0.15, 0.2) is 5.79 Å². The van der Waals surface area contributed by atoms with Crippen molar-refractivity contribution >= 4 is 0 Å².